The molecule has 4 aromatic rings. The van der Waals surface area contributed by atoms with Crippen LogP contribution in [0.1, 0.15) is 74.8 Å². The van der Waals surface area contributed by atoms with Crippen LogP contribution in [0.25, 0.3) is 11.1 Å². The van der Waals surface area contributed by atoms with Crippen LogP contribution in [-0.2, 0) is 0 Å². The lowest BCUT2D eigenvalue weighted by molar-refractivity contribution is 0.0971. The highest BCUT2D eigenvalue weighted by atomic mass is 16.3. The first-order valence-electron chi connectivity index (χ1n) is 11.9. The standard InChI is InChI=1S/C30H18O10/c1-9-5-12-19(14(32)6-9)28(38)22-17(35)8-16(34)18(24(22)27(12)37)11-3-4-13(31)21-20(11)29(39)25-23(30(21)40)15(33)7-10(2)26(25)36/h3-8,31-36H,1-2H3. The van der Waals surface area contributed by atoms with Crippen LogP contribution in [0.5, 0.6) is 34.5 Å². The molecule has 2 aliphatic carbocycles. The number of ketones is 4. The van der Waals surface area contributed by atoms with Gasteiger partial charge < -0.3 is 30.6 Å². The predicted octanol–water partition coefficient (Wildman–Crippen LogP) is 3.75. The fourth-order valence-corrected chi connectivity index (χ4v) is 5.59. The Morgan fingerprint density at radius 2 is 0.950 bits per heavy atom. The number of hydrogen-bond donors (Lipinski definition) is 6. The van der Waals surface area contributed by atoms with Crippen molar-refractivity contribution in [1.82, 2.24) is 0 Å². The molecule has 10 heteroatoms. The summed E-state index contributed by atoms with van der Waals surface area (Å²) in [6.07, 6.45) is 0. The summed E-state index contributed by atoms with van der Waals surface area (Å²) in [5.74, 6) is -7.61. The molecular weight excluding hydrogens is 520 g/mol. The third-order valence-corrected chi connectivity index (χ3v) is 7.30. The average Bonchev–Trinajstić information content (AvgIpc) is 2.87. The molecule has 4 aromatic carbocycles. The van der Waals surface area contributed by atoms with Gasteiger partial charge in [0, 0.05) is 28.3 Å². The molecule has 0 fully saturated rings. The fourth-order valence-electron chi connectivity index (χ4n) is 5.59. The lowest BCUT2D eigenvalue weighted by Gasteiger charge is -2.26. The Morgan fingerprint density at radius 3 is 1.65 bits per heavy atom. The topological polar surface area (TPSA) is 190 Å². The molecular formula is C30H18O10. The van der Waals surface area contributed by atoms with Crippen LogP contribution in [0, 0.1) is 13.8 Å². The number of carbonyl (C=O) groups excluding carboxylic acids is 4. The molecule has 6 N–H and O–H groups in total. The highest BCUT2D eigenvalue weighted by molar-refractivity contribution is 6.35. The van der Waals surface area contributed by atoms with E-state index in [1.165, 1.54) is 19.1 Å². The third-order valence-electron chi connectivity index (χ3n) is 7.30. The monoisotopic (exact) mass is 538 g/mol. The van der Waals surface area contributed by atoms with E-state index in [0.717, 1.165) is 24.3 Å². The van der Waals surface area contributed by atoms with E-state index >= 15 is 0 Å². The second-order valence-corrected chi connectivity index (χ2v) is 9.76. The number of benzene rings is 4. The number of fused-ring (bicyclic) bond motifs is 4. The molecule has 0 aliphatic heterocycles. The molecule has 198 valence electrons. The van der Waals surface area contributed by atoms with Gasteiger partial charge >= 0.3 is 0 Å². The molecule has 0 aromatic heterocycles. The number of aromatic hydroxyl groups is 6. The summed E-state index contributed by atoms with van der Waals surface area (Å²) in [5, 5.41) is 63.8. The van der Waals surface area contributed by atoms with Gasteiger partial charge in [-0.25, -0.2) is 0 Å². The second-order valence-electron chi connectivity index (χ2n) is 9.76. The highest BCUT2D eigenvalue weighted by Crippen LogP contribution is 2.50. The third kappa shape index (κ3) is 2.98. The van der Waals surface area contributed by atoms with Crippen molar-refractivity contribution in [3.8, 4) is 45.6 Å². The molecule has 0 spiro atoms. The molecule has 10 nitrogen and oxygen atoms in total. The van der Waals surface area contributed by atoms with E-state index in [0.29, 0.717) is 5.56 Å². The zero-order valence-electron chi connectivity index (χ0n) is 20.8. The molecule has 0 saturated heterocycles. The summed E-state index contributed by atoms with van der Waals surface area (Å²) in [6.45, 7) is 2.98. The van der Waals surface area contributed by atoms with Gasteiger partial charge in [-0.15, -0.1) is 0 Å². The minimum Gasteiger partial charge on any atom is -0.507 e. The SMILES string of the molecule is Cc1cc(O)c2c(c1)C(=O)c1c(c(O)cc(O)c1-c1ccc(O)c3c1C(=O)c1c(O)c(C)cc(O)c1C3=O)C2=O. The Labute approximate surface area is 224 Å². The molecule has 0 amide bonds. The molecule has 0 bridgehead atoms. The van der Waals surface area contributed by atoms with Gasteiger partial charge in [0.25, 0.3) is 0 Å². The van der Waals surface area contributed by atoms with Crippen LogP contribution >= 0.6 is 0 Å². The Bertz CT molecular complexity index is 1950. The largest absolute Gasteiger partial charge is 0.507 e. The average molecular weight is 538 g/mol. The number of phenols is 6. The van der Waals surface area contributed by atoms with Gasteiger partial charge in [-0.3, -0.25) is 19.2 Å². The fraction of sp³-hybridized carbons (Fsp3) is 0.0667. The van der Waals surface area contributed by atoms with Crippen LogP contribution in [0.3, 0.4) is 0 Å². The highest BCUT2D eigenvalue weighted by Gasteiger charge is 2.42. The smallest absolute Gasteiger partial charge is 0.202 e. The Morgan fingerprint density at radius 1 is 0.425 bits per heavy atom. The predicted molar refractivity (Wildman–Crippen MR) is 138 cm³/mol. The van der Waals surface area contributed by atoms with Gasteiger partial charge in [-0.1, -0.05) is 0 Å². The summed E-state index contributed by atoms with van der Waals surface area (Å²) in [4.78, 5) is 54.6. The van der Waals surface area contributed by atoms with Crippen molar-refractivity contribution < 1.29 is 49.8 Å². The normalized spacial score (nSPS) is 13.6. The van der Waals surface area contributed by atoms with Crippen LogP contribution in [0.15, 0.2) is 36.4 Å². The summed E-state index contributed by atoms with van der Waals surface area (Å²) >= 11 is 0. The van der Waals surface area contributed by atoms with Crippen LogP contribution in [-0.4, -0.2) is 53.8 Å². The van der Waals surface area contributed by atoms with E-state index in [2.05, 4.69) is 0 Å². The van der Waals surface area contributed by atoms with Crippen LogP contribution in [0.2, 0.25) is 0 Å². The summed E-state index contributed by atoms with van der Waals surface area (Å²) in [6, 6.07) is 6.68. The molecule has 40 heavy (non-hydrogen) atoms. The van der Waals surface area contributed by atoms with Gasteiger partial charge in [-0.05, 0) is 60.9 Å². The first kappa shape index (κ1) is 24.7. The summed E-state index contributed by atoms with van der Waals surface area (Å²) < 4.78 is 0. The maximum Gasteiger partial charge on any atom is 0.202 e. The molecule has 2 aliphatic rings. The minimum absolute atomic E-state index is 0.0833. The van der Waals surface area contributed by atoms with Crippen molar-refractivity contribution in [2.24, 2.45) is 0 Å². The zero-order valence-corrected chi connectivity index (χ0v) is 20.8. The quantitative estimate of drug-likeness (QED) is 0.168. The van der Waals surface area contributed by atoms with Crippen LogP contribution in [0.4, 0.5) is 0 Å². The van der Waals surface area contributed by atoms with Crippen molar-refractivity contribution in [2.45, 2.75) is 13.8 Å². The maximum atomic E-state index is 13.9. The van der Waals surface area contributed by atoms with E-state index in [1.807, 2.05) is 0 Å². The van der Waals surface area contributed by atoms with Crippen molar-refractivity contribution in [2.75, 3.05) is 0 Å². The van der Waals surface area contributed by atoms with E-state index in [4.69, 9.17) is 0 Å². The molecule has 0 radical (unpaired) electrons. The number of rotatable bonds is 1. The first-order valence-corrected chi connectivity index (χ1v) is 11.9. The van der Waals surface area contributed by atoms with E-state index in [1.54, 1.807) is 6.92 Å². The van der Waals surface area contributed by atoms with Gasteiger partial charge in [0.05, 0.1) is 27.8 Å². The van der Waals surface area contributed by atoms with Gasteiger partial charge in [-0.2, -0.15) is 0 Å². The molecule has 0 unspecified atom stereocenters. The van der Waals surface area contributed by atoms with E-state index in [9.17, 15) is 49.8 Å². The van der Waals surface area contributed by atoms with Crippen LogP contribution < -0.4 is 0 Å². The van der Waals surface area contributed by atoms with Gasteiger partial charge in [0.2, 0.25) is 11.6 Å². The van der Waals surface area contributed by atoms with Crippen molar-refractivity contribution in [3.05, 3.63) is 92.0 Å². The summed E-state index contributed by atoms with van der Waals surface area (Å²) in [7, 11) is 0. The Kier molecular flexibility index (Phi) is 4.90. The lowest BCUT2D eigenvalue weighted by atomic mass is 9.75. The second kappa shape index (κ2) is 7.93. The van der Waals surface area contributed by atoms with Gasteiger partial charge in [0.1, 0.15) is 34.5 Å². The molecule has 0 atom stereocenters. The number of phenolic OH excluding ortho intramolecular Hbond substituents is 6. The molecule has 6 rings (SSSR count). The van der Waals surface area contributed by atoms with E-state index < -0.39 is 96.6 Å². The first-order chi connectivity index (χ1) is 18.8. The lowest BCUT2D eigenvalue weighted by Crippen LogP contribution is -2.25. The van der Waals surface area contributed by atoms with Gasteiger partial charge in [0.15, 0.2) is 11.6 Å². The van der Waals surface area contributed by atoms with Crippen molar-refractivity contribution in [1.29, 1.82) is 0 Å². The number of carbonyl (C=O) groups is 4. The molecule has 0 saturated carbocycles. The number of hydrogen-bond acceptors (Lipinski definition) is 10. The minimum atomic E-state index is -1.00. The van der Waals surface area contributed by atoms with Crippen molar-refractivity contribution >= 4 is 23.1 Å². The van der Waals surface area contributed by atoms with Crippen molar-refractivity contribution in [3.63, 3.8) is 0 Å². The van der Waals surface area contributed by atoms with E-state index in [-0.39, 0.29) is 22.3 Å². The Hall–Kier alpha value is -5.64. The Balaban J connectivity index is 1.73. The maximum absolute atomic E-state index is 13.9. The molecule has 0 heterocycles. The summed E-state index contributed by atoms with van der Waals surface area (Å²) in [5.41, 5.74) is -3.85. The zero-order chi connectivity index (χ0) is 28.9. The number of aryl methyl sites for hydroxylation is 2.